The van der Waals surface area contributed by atoms with Gasteiger partial charge in [-0.1, -0.05) is 0 Å². The highest BCUT2D eigenvalue weighted by Gasteiger charge is 2.42. The van der Waals surface area contributed by atoms with Crippen LogP contribution < -0.4 is 10.2 Å². The number of benzene rings is 1. The molecule has 9 heteroatoms. The van der Waals surface area contributed by atoms with Crippen LogP contribution in [0, 0.1) is 28.5 Å². The normalized spacial score (nSPS) is 18.2. The Hall–Kier alpha value is -3.77. The van der Waals surface area contributed by atoms with Gasteiger partial charge in [0.2, 0.25) is 17.1 Å². The Morgan fingerprint density at radius 2 is 2.11 bits per heavy atom. The molecule has 0 amide bonds. The maximum atomic E-state index is 13.3. The van der Waals surface area contributed by atoms with Crippen molar-refractivity contribution in [2.75, 3.05) is 0 Å². The molecule has 4 rings (SSSR count). The predicted molar refractivity (Wildman–Crippen MR) is 94.2 cm³/mol. The van der Waals surface area contributed by atoms with Crippen LogP contribution in [0.15, 0.2) is 45.7 Å². The summed E-state index contributed by atoms with van der Waals surface area (Å²) in [5.41, 5.74) is 1.00. The zero-order chi connectivity index (χ0) is 19.8. The van der Waals surface area contributed by atoms with E-state index in [1.54, 1.807) is 12.1 Å². The van der Waals surface area contributed by atoms with E-state index in [2.05, 4.69) is 10.2 Å². The monoisotopic (exact) mass is 380 g/mol. The Bertz CT molecular complexity index is 1160. The molecular weight excluding hydrogens is 367 g/mol. The lowest BCUT2D eigenvalue weighted by atomic mass is 9.81. The predicted octanol–water partition coefficient (Wildman–Crippen LogP) is 2.30. The number of hydrogen-bond donors (Lipinski definition) is 3. The van der Waals surface area contributed by atoms with Crippen molar-refractivity contribution < 1.29 is 18.7 Å². The van der Waals surface area contributed by atoms with E-state index in [4.69, 9.17) is 14.6 Å². The van der Waals surface area contributed by atoms with Crippen LogP contribution >= 0.6 is 0 Å². The van der Waals surface area contributed by atoms with E-state index in [0.29, 0.717) is 16.8 Å². The summed E-state index contributed by atoms with van der Waals surface area (Å²) in [4.78, 5) is 12.4. The molecule has 1 aromatic carbocycles. The fourth-order valence-electron chi connectivity index (χ4n) is 3.24. The Kier molecular flexibility index (Phi) is 4.25. The summed E-state index contributed by atoms with van der Waals surface area (Å²) >= 11 is 0. The van der Waals surface area contributed by atoms with Crippen LogP contribution in [0.4, 0.5) is 4.39 Å². The third-order valence-electron chi connectivity index (χ3n) is 4.52. The maximum absolute atomic E-state index is 13.3. The molecule has 0 saturated heterocycles. The minimum absolute atomic E-state index is 0.00861. The van der Waals surface area contributed by atoms with E-state index >= 15 is 0 Å². The summed E-state index contributed by atoms with van der Waals surface area (Å²) < 4.78 is 24.2. The Balaban J connectivity index is 1.95. The molecule has 2 aromatic heterocycles. The molecule has 0 aliphatic carbocycles. The Labute approximate surface area is 157 Å². The molecule has 1 aliphatic rings. The van der Waals surface area contributed by atoms with Gasteiger partial charge in [-0.05, 0) is 24.3 Å². The number of aliphatic hydroxyl groups excluding tert-OH is 1. The first kappa shape index (κ1) is 17.6. The summed E-state index contributed by atoms with van der Waals surface area (Å²) in [6, 6.07) is 8.73. The fourth-order valence-corrected chi connectivity index (χ4v) is 3.24. The number of aromatic nitrogens is 2. The van der Waals surface area contributed by atoms with E-state index < -0.39 is 35.6 Å². The SMILES string of the molecule is N#CC1C(=N)Oc2c(oc(CO)cc2=O)C1c1cn[nH]c1-c1ccc(F)cc1. The van der Waals surface area contributed by atoms with Gasteiger partial charge in [0.15, 0.2) is 5.76 Å². The molecular formula is C19H13FN4O4. The lowest BCUT2D eigenvalue weighted by Crippen LogP contribution is -2.33. The first-order valence-electron chi connectivity index (χ1n) is 8.26. The van der Waals surface area contributed by atoms with Crippen molar-refractivity contribution in [3.8, 4) is 23.1 Å². The maximum Gasteiger partial charge on any atom is 0.228 e. The third-order valence-corrected chi connectivity index (χ3v) is 4.52. The molecule has 0 saturated carbocycles. The molecule has 3 heterocycles. The van der Waals surface area contributed by atoms with E-state index in [1.165, 1.54) is 18.3 Å². The second-order valence-corrected chi connectivity index (χ2v) is 6.19. The highest BCUT2D eigenvalue weighted by atomic mass is 19.1. The number of nitriles is 1. The number of ether oxygens (including phenoxy) is 1. The number of hydrogen-bond acceptors (Lipinski definition) is 7. The quantitative estimate of drug-likeness (QED) is 0.638. The molecule has 2 atom stereocenters. The molecule has 3 N–H and O–H groups in total. The Morgan fingerprint density at radius 3 is 2.79 bits per heavy atom. The molecule has 0 fully saturated rings. The molecule has 3 aromatic rings. The van der Waals surface area contributed by atoms with Crippen LogP contribution in [0.25, 0.3) is 11.3 Å². The van der Waals surface area contributed by atoms with Gasteiger partial charge >= 0.3 is 0 Å². The number of fused-ring (bicyclic) bond motifs is 1. The van der Waals surface area contributed by atoms with E-state index in [-0.39, 0.29) is 17.3 Å². The molecule has 28 heavy (non-hydrogen) atoms. The minimum atomic E-state index is -1.08. The average molecular weight is 380 g/mol. The van der Waals surface area contributed by atoms with Crippen molar-refractivity contribution in [3.63, 3.8) is 0 Å². The molecule has 0 spiro atoms. The van der Waals surface area contributed by atoms with Gasteiger partial charge in [-0.3, -0.25) is 15.3 Å². The number of H-pyrrole nitrogens is 1. The van der Waals surface area contributed by atoms with Crippen molar-refractivity contribution in [1.82, 2.24) is 10.2 Å². The lowest BCUT2D eigenvalue weighted by molar-refractivity contribution is 0.230. The first-order valence-corrected chi connectivity index (χ1v) is 8.26. The van der Waals surface area contributed by atoms with Crippen molar-refractivity contribution in [1.29, 1.82) is 10.7 Å². The molecule has 0 bridgehead atoms. The smallest absolute Gasteiger partial charge is 0.228 e. The molecule has 140 valence electrons. The zero-order valence-corrected chi connectivity index (χ0v) is 14.3. The third kappa shape index (κ3) is 2.76. The van der Waals surface area contributed by atoms with Crippen LogP contribution in [-0.2, 0) is 6.61 Å². The first-order chi connectivity index (χ1) is 13.5. The summed E-state index contributed by atoms with van der Waals surface area (Å²) in [6.45, 7) is -0.514. The van der Waals surface area contributed by atoms with Crippen LogP contribution in [0.5, 0.6) is 5.75 Å². The van der Waals surface area contributed by atoms with Gasteiger partial charge in [-0.15, -0.1) is 0 Å². The lowest BCUT2D eigenvalue weighted by Gasteiger charge is -2.28. The van der Waals surface area contributed by atoms with Gasteiger partial charge in [-0.25, -0.2) is 4.39 Å². The van der Waals surface area contributed by atoms with Crippen LogP contribution in [0.1, 0.15) is 23.0 Å². The van der Waals surface area contributed by atoms with Gasteiger partial charge < -0.3 is 14.3 Å². The standard InChI is InChI=1S/C19H13FN4O4/c20-10-3-1-9(2-4-10)16-13(7-23-24-16)15-12(6-21)19(22)28-17-14(26)5-11(8-25)27-18(15)17/h1-5,7,12,15,22,25H,8H2,(H,23,24). The van der Waals surface area contributed by atoms with E-state index in [0.717, 1.165) is 6.07 Å². The zero-order valence-electron chi connectivity index (χ0n) is 14.3. The molecule has 0 radical (unpaired) electrons. The second kappa shape index (κ2) is 6.75. The van der Waals surface area contributed by atoms with E-state index in [1.807, 2.05) is 6.07 Å². The van der Waals surface area contributed by atoms with Gasteiger partial charge in [0.25, 0.3) is 0 Å². The van der Waals surface area contributed by atoms with Crippen LogP contribution in [-0.4, -0.2) is 21.2 Å². The Morgan fingerprint density at radius 1 is 1.36 bits per heavy atom. The van der Waals surface area contributed by atoms with E-state index in [9.17, 15) is 19.6 Å². The highest BCUT2D eigenvalue weighted by molar-refractivity contribution is 5.85. The largest absolute Gasteiger partial charge is 0.459 e. The van der Waals surface area contributed by atoms with Gasteiger partial charge in [0, 0.05) is 17.2 Å². The van der Waals surface area contributed by atoms with Crippen molar-refractivity contribution in [3.05, 3.63) is 69.7 Å². The molecule has 2 unspecified atom stereocenters. The second-order valence-electron chi connectivity index (χ2n) is 6.19. The number of rotatable bonds is 3. The average Bonchev–Trinajstić information content (AvgIpc) is 3.17. The number of nitrogens with zero attached hydrogens (tertiary/aromatic N) is 2. The summed E-state index contributed by atoms with van der Waals surface area (Å²) in [5, 5.41) is 33.9. The number of nitrogens with one attached hydrogen (secondary N) is 2. The van der Waals surface area contributed by atoms with Gasteiger partial charge in [0.1, 0.15) is 24.1 Å². The van der Waals surface area contributed by atoms with Gasteiger partial charge in [-0.2, -0.15) is 10.4 Å². The number of aromatic amines is 1. The minimum Gasteiger partial charge on any atom is -0.459 e. The molecule has 1 aliphatic heterocycles. The van der Waals surface area contributed by atoms with Crippen LogP contribution in [0.3, 0.4) is 0 Å². The van der Waals surface area contributed by atoms with Crippen molar-refractivity contribution >= 4 is 5.90 Å². The number of halogens is 1. The topological polar surface area (TPSA) is 136 Å². The number of aliphatic hydroxyl groups is 1. The fraction of sp³-hybridized carbons (Fsp3) is 0.158. The molecule has 8 nitrogen and oxygen atoms in total. The van der Waals surface area contributed by atoms with Crippen molar-refractivity contribution in [2.24, 2.45) is 5.92 Å². The summed E-state index contributed by atoms with van der Waals surface area (Å²) in [5.74, 6) is -2.92. The highest BCUT2D eigenvalue weighted by Crippen LogP contribution is 2.43. The summed E-state index contributed by atoms with van der Waals surface area (Å²) in [7, 11) is 0. The van der Waals surface area contributed by atoms with Gasteiger partial charge in [0.05, 0.1) is 23.9 Å². The summed E-state index contributed by atoms with van der Waals surface area (Å²) in [6.07, 6.45) is 1.46. The van der Waals surface area contributed by atoms with Crippen LogP contribution in [0.2, 0.25) is 0 Å². The van der Waals surface area contributed by atoms with Crippen molar-refractivity contribution in [2.45, 2.75) is 12.5 Å².